The van der Waals surface area contributed by atoms with Gasteiger partial charge in [0.05, 0.1) is 12.9 Å². The second kappa shape index (κ2) is 7.59. The number of aliphatic hydroxyl groups excluding tert-OH is 2. The van der Waals surface area contributed by atoms with Crippen LogP contribution in [0.15, 0.2) is 24.3 Å². The minimum Gasteiger partial charge on any atom is -0.387 e. The third-order valence-electron chi connectivity index (χ3n) is 3.87. The van der Waals surface area contributed by atoms with E-state index >= 15 is 0 Å². The van der Waals surface area contributed by atoms with Crippen LogP contribution in [0, 0.1) is 0 Å². The van der Waals surface area contributed by atoms with E-state index in [1.165, 1.54) is 17.2 Å². The van der Waals surface area contributed by atoms with Crippen molar-refractivity contribution in [1.82, 2.24) is 19.5 Å². The first kappa shape index (κ1) is 21.0. The van der Waals surface area contributed by atoms with Crippen LogP contribution in [0.25, 0.3) is 11.2 Å². The second-order valence-electron chi connectivity index (χ2n) is 5.88. The van der Waals surface area contributed by atoms with Crippen molar-refractivity contribution in [3.05, 3.63) is 24.3 Å². The number of hydrogen-bond acceptors (Lipinski definition) is 10. The number of aliphatic hydroxyl groups is 2. The molecule has 14 nitrogen and oxygen atoms in total. The Balaban J connectivity index is 1.74. The Hall–Kier alpha value is -1.73. The number of nitrogens with two attached hydrogens (primary N) is 1. The highest BCUT2D eigenvalue weighted by molar-refractivity contribution is 7.59. The molecule has 0 amide bonds. The van der Waals surface area contributed by atoms with Gasteiger partial charge in [0.2, 0.25) is 0 Å². The number of nitrogens with zero attached hydrogens (tertiary/aromatic N) is 4. The van der Waals surface area contributed by atoms with Gasteiger partial charge in [0, 0.05) is 11.6 Å². The number of fused-ring (bicyclic) bond motifs is 1. The van der Waals surface area contributed by atoms with Gasteiger partial charge < -0.3 is 39.9 Å². The van der Waals surface area contributed by atoms with Crippen LogP contribution < -0.4 is 5.73 Å². The smallest absolute Gasteiger partial charge is 0.352 e. The Labute approximate surface area is 157 Å². The van der Waals surface area contributed by atoms with E-state index in [1.807, 2.05) is 0 Å². The monoisotopic (exact) mass is 437 g/mol. The molecule has 1 fully saturated rings. The van der Waals surface area contributed by atoms with Gasteiger partial charge in [-0.25, -0.2) is 15.0 Å². The van der Waals surface area contributed by atoms with Crippen molar-refractivity contribution in [1.29, 1.82) is 0 Å². The molecule has 3 heterocycles. The summed E-state index contributed by atoms with van der Waals surface area (Å²) in [4.78, 5) is 38.8. The maximum absolute atomic E-state index is 11.8. The summed E-state index contributed by atoms with van der Waals surface area (Å²) in [6.07, 6.45) is -2.85. The number of hydrogen-bond donors (Lipinski definition) is 6. The van der Waals surface area contributed by atoms with E-state index in [2.05, 4.69) is 15.0 Å². The van der Waals surface area contributed by atoms with Crippen molar-refractivity contribution in [2.24, 2.45) is 0 Å². The van der Waals surface area contributed by atoms with Gasteiger partial charge in [0.1, 0.15) is 30.2 Å². The van der Waals surface area contributed by atoms with Gasteiger partial charge in [-0.05, 0) is 0 Å². The molecule has 0 aliphatic carbocycles. The standard InChI is InChI=1S/C12H17N5O9P2/c13-10-7-11(15-4-14-10)17(5-16-7)12-9(19)8(18)6(26-12)3-25-28(23,24)2-1-27(20,21)22/h1-2,4-6,8-9,12,18-19H,3H2,(H,23,24)(H2,13,14,15)(H2,20,21,22)/b2-1+/t6-,8-,9-,12-/m1/s1. The largest absolute Gasteiger partial charge is 0.387 e. The third-order valence-corrected chi connectivity index (χ3v) is 5.69. The fraction of sp³-hybridized carbons (Fsp3) is 0.417. The minimum atomic E-state index is -4.65. The molecular formula is C12H17N5O9P2. The van der Waals surface area contributed by atoms with Crippen molar-refractivity contribution < 1.29 is 43.3 Å². The van der Waals surface area contributed by atoms with Crippen LogP contribution in [-0.4, -0.2) is 69.3 Å². The van der Waals surface area contributed by atoms with Gasteiger partial charge in [-0.15, -0.1) is 0 Å². The molecule has 0 aromatic carbocycles. The van der Waals surface area contributed by atoms with E-state index in [4.69, 9.17) is 24.8 Å². The number of ether oxygens (including phenoxy) is 1. The number of rotatable bonds is 6. The molecule has 154 valence electrons. The molecule has 5 atom stereocenters. The van der Waals surface area contributed by atoms with Gasteiger partial charge in [-0.2, -0.15) is 0 Å². The molecule has 2 aromatic rings. The Morgan fingerprint density at radius 1 is 1.18 bits per heavy atom. The molecule has 1 saturated heterocycles. The van der Waals surface area contributed by atoms with E-state index < -0.39 is 46.3 Å². The summed E-state index contributed by atoms with van der Waals surface area (Å²) in [5.74, 6) is 0.681. The zero-order chi connectivity index (χ0) is 20.7. The summed E-state index contributed by atoms with van der Waals surface area (Å²) < 4.78 is 34.1. The Bertz CT molecular complexity index is 991. The molecule has 0 bridgehead atoms. The molecule has 0 spiro atoms. The number of anilines is 1. The van der Waals surface area contributed by atoms with Gasteiger partial charge >= 0.3 is 15.2 Å². The van der Waals surface area contributed by atoms with Gasteiger partial charge in [0.25, 0.3) is 0 Å². The van der Waals surface area contributed by atoms with Crippen LogP contribution in [0.3, 0.4) is 0 Å². The molecule has 1 aliphatic heterocycles. The van der Waals surface area contributed by atoms with E-state index in [0.29, 0.717) is 5.82 Å². The van der Waals surface area contributed by atoms with E-state index in [0.717, 1.165) is 0 Å². The normalized spacial score (nSPS) is 28.2. The van der Waals surface area contributed by atoms with Gasteiger partial charge in [-0.1, -0.05) is 0 Å². The zero-order valence-corrected chi connectivity index (χ0v) is 15.7. The highest BCUT2D eigenvalue weighted by Gasteiger charge is 2.45. The number of nitrogen functional groups attached to an aromatic ring is 1. The second-order valence-corrected chi connectivity index (χ2v) is 9.04. The topological polar surface area (TPSA) is 223 Å². The number of imidazole rings is 1. The molecule has 0 radical (unpaired) electrons. The summed E-state index contributed by atoms with van der Waals surface area (Å²) >= 11 is 0. The maximum Gasteiger partial charge on any atom is 0.352 e. The molecule has 16 heteroatoms. The first-order valence-corrected chi connectivity index (χ1v) is 11.0. The lowest BCUT2D eigenvalue weighted by Crippen LogP contribution is -2.33. The van der Waals surface area contributed by atoms with Gasteiger partial charge in [-0.3, -0.25) is 13.7 Å². The summed E-state index contributed by atoms with van der Waals surface area (Å²) in [7, 11) is -9.16. The van der Waals surface area contributed by atoms with Crippen molar-refractivity contribution in [3.63, 3.8) is 0 Å². The molecule has 3 rings (SSSR count). The van der Waals surface area contributed by atoms with Crippen molar-refractivity contribution in [2.75, 3.05) is 12.3 Å². The van der Waals surface area contributed by atoms with Crippen LogP contribution in [-0.2, 0) is 18.4 Å². The summed E-state index contributed by atoms with van der Waals surface area (Å²) in [6, 6.07) is 0. The first-order valence-electron chi connectivity index (χ1n) is 7.66. The predicted octanol–water partition coefficient (Wildman–Crippen LogP) is -1.12. The van der Waals surface area contributed by atoms with Crippen LogP contribution >= 0.6 is 15.2 Å². The molecule has 1 unspecified atom stereocenters. The quantitative estimate of drug-likeness (QED) is 0.295. The average Bonchev–Trinajstić information content (AvgIpc) is 3.15. The van der Waals surface area contributed by atoms with E-state index in [-0.39, 0.29) is 22.8 Å². The third kappa shape index (κ3) is 4.46. The highest BCUT2D eigenvalue weighted by atomic mass is 31.2. The highest BCUT2D eigenvalue weighted by Crippen LogP contribution is 2.49. The molecule has 28 heavy (non-hydrogen) atoms. The Morgan fingerprint density at radius 2 is 1.89 bits per heavy atom. The molecule has 2 aromatic heterocycles. The van der Waals surface area contributed by atoms with Crippen LogP contribution in [0.1, 0.15) is 6.23 Å². The lowest BCUT2D eigenvalue weighted by molar-refractivity contribution is -0.0481. The molecule has 0 saturated carbocycles. The maximum atomic E-state index is 11.8. The summed E-state index contributed by atoms with van der Waals surface area (Å²) in [6.45, 7) is -0.641. The van der Waals surface area contributed by atoms with Crippen LogP contribution in [0.4, 0.5) is 5.82 Å². The lowest BCUT2D eigenvalue weighted by atomic mass is 10.1. The lowest BCUT2D eigenvalue weighted by Gasteiger charge is -2.16. The zero-order valence-electron chi connectivity index (χ0n) is 14.0. The van der Waals surface area contributed by atoms with Crippen LogP contribution in [0.5, 0.6) is 0 Å². The minimum absolute atomic E-state index is 0.106. The van der Waals surface area contributed by atoms with Crippen molar-refractivity contribution in [3.8, 4) is 0 Å². The summed E-state index contributed by atoms with van der Waals surface area (Å²) in [5.41, 5.74) is 6.19. The summed E-state index contributed by atoms with van der Waals surface area (Å²) in [5, 5.41) is 20.4. The first-order chi connectivity index (χ1) is 13.0. The van der Waals surface area contributed by atoms with Gasteiger partial charge in [0.15, 0.2) is 17.7 Å². The van der Waals surface area contributed by atoms with Crippen molar-refractivity contribution >= 4 is 32.2 Å². The SMILES string of the molecule is Nc1ncnc2c1ncn2[C@@H]1O[C@H](COP(=O)(O)/C=C/P(=O)(O)O)[C@@H](O)[C@H]1O. The molecule has 1 aliphatic rings. The number of aromatic nitrogens is 4. The van der Waals surface area contributed by atoms with Crippen molar-refractivity contribution in [2.45, 2.75) is 24.5 Å². The van der Waals surface area contributed by atoms with Crippen LogP contribution in [0.2, 0.25) is 0 Å². The fourth-order valence-corrected chi connectivity index (χ4v) is 4.36. The Kier molecular flexibility index (Phi) is 5.69. The molecule has 7 N–H and O–H groups in total. The molecular weight excluding hydrogens is 420 g/mol. The van der Waals surface area contributed by atoms with E-state index in [1.54, 1.807) is 0 Å². The van der Waals surface area contributed by atoms with E-state index in [9.17, 15) is 24.2 Å². The average molecular weight is 437 g/mol. The Morgan fingerprint density at radius 3 is 2.57 bits per heavy atom. The fourth-order valence-electron chi connectivity index (χ4n) is 2.55. The predicted molar refractivity (Wildman–Crippen MR) is 92.6 cm³/mol.